The van der Waals surface area contributed by atoms with Gasteiger partial charge in [-0.2, -0.15) is 26.3 Å². The Hall–Kier alpha value is -1.57. The molecule has 1 fully saturated rings. The third-order valence-corrected chi connectivity index (χ3v) is 4.11. The van der Waals surface area contributed by atoms with Crippen LogP contribution in [0.15, 0.2) is 18.2 Å². The van der Waals surface area contributed by atoms with Gasteiger partial charge in [-0.25, -0.2) is 0 Å². The van der Waals surface area contributed by atoms with E-state index >= 15 is 0 Å². The van der Waals surface area contributed by atoms with Gasteiger partial charge in [-0.3, -0.25) is 4.79 Å². The highest BCUT2D eigenvalue weighted by molar-refractivity contribution is 5.96. The van der Waals surface area contributed by atoms with Gasteiger partial charge in [0, 0.05) is 18.5 Å². The number of carbonyl (C=O) groups excluding carboxylic acids is 1. The molecule has 1 saturated heterocycles. The van der Waals surface area contributed by atoms with Crippen molar-refractivity contribution < 1.29 is 31.1 Å². The van der Waals surface area contributed by atoms with Crippen LogP contribution in [0.2, 0.25) is 0 Å². The Morgan fingerprint density at radius 3 is 2.08 bits per heavy atom. The molecule has 1 aromatic carbocycles. The van der Waals surface area contributed by atoms with Crippen molar-refractivity contribution in [3.8, 4) is 0 Å². The number of halogens is 6. The van der Waals surface area contributed by atoms with Crippen LogP contribution in [0.1, 0.15) is 40.7 Å². The first-order valence-corrected chi connectivity index (χ1v) is 7.48. The molecule has 134 valence electrons. The second-order valence-electron chi connectivity index (χ2n) is 6.19. The minimum atomic E-state index is -4.94. The van der Waals surface area contributed by atoms with Gasteiger partial charge in [0.05, 0.1) is 11.1 Å². The Bertz CT molecular complexity index is 575. The van der Waals surface area contributed by atoms with E-state index in [0.717, 1.165) is 19.4 Å². The minimum Gasteiger partial charge on any atom is -0.306 e. The number of piperidine rings is 1. The van der Waals surface area contributed by atoms with Crippen molar-refractivity contribution >= 4 is 5.78 Å². The van der Waals surface area contributed by atoms with Crippen LogP contribution in [-0.4, -0.2) is 30.8 Å². The predicted octanol–water partition coefficient (Wildman–Crippen LogP) is 4.64. The van der Waals surface area contributed by atoms with Crippen LogP contribution in [0.5, 0.6) is 0 Å². The normalized spacial score (nSPS) is 20.2. The number of ketones is 1. The molecule has 1 aliphatic rings. The van der Waals surface area contributed by atoms with E-state index in [4.69, 9.17) is 0 Å². The first-order chi connectivity index (χ1) is 11.0. The number of hydrogen-bond acceptors (Lipinski definition) is 2. The number of nitrogens with zero attached hydrogens (tertiary/aromatic N) is 1. The topological polar surface area (TPSA) is 20.3 Å². The van der Waals surface area contributed by atoms with Crippen molar-refractivity contribution in [2.24, 2.45) is 5.92 Å². The fourth-order valence-electron chi connectivity index (χ4n) is 2.94. The zero-order valence-electron chi connectivity index (χ0n) is 13.0. The predicted molar refractivity (Wildman–Crippen MR) is 75.6 cm³/mol. The van der Waals surface area contributed by atoms with E-state index in [-0.39, 0.29) is 18.4 Å². The van der Waals surface area contributed by atoms with Crippen LogP contribution in [-0.2, 0) is 12.4 Å². The van der Waals surface area contributed by atoms with Crippen molar-refractivity contribution in [3.63, 3.8) is 0 Å². The molecule has 0 amide bonds. The molecule has 24 heavy (non-hydrogen) atoms. The average molecular weight is 353 g/mol. The summed E-state index contributed by atoms with van der Waals surface area (Å²) < 4.78 is 76.9. The lowest BCUT2D eigenvalue weighted by Gasteiger charge is -2.29. The van der Waals surface area contributed by atoms with Gasteiger partial charge < -0.3 is 4.90 Å². The number of likely N-dealkylation sites (tertiary alicyclic amines) is 1. The highest BCUT2D eigenvalue weighted by atomic mass is 19.4. The van der Waals surface area contributed by atoms with Crippen molar-refractivity contribution in [3.05, 3.63) is 34.9 Å². The third-order valence-electron chi connectivity index (χ3n) is 4.11. The maximum atomic E-state index is 12.8. The fourth-order valence-corrected chi connectivity index (χ4v) is 2.94. The maximum Gasteiger partial charge on any atom is 0.416 e. The zero-order chi connectivity index (χ0) is 18.1. The number of rotatable bonds is 3. The zero-order valence-corrected chi connectivity index (χ0v) is 13.0. The monoisotopic (exact) mass is 353 g/mol. The van der Waals surface area contributed by atoms with Gasteiger partial charge in [0.2, 0.25) is 0 Å². The molecule has 0 aromatic heterocycles. The molecule has 1 heterocycles. The molecule has 0 N–H and O–H groups in total. The molecular weight excluding hydrogens is 336 g/mol. The molecule has 1 atom stereocenters. The molecule has 2 nitrogen and oxygen atoms in total. The smallest absolute Gasteiger partial charge is 0.306 e. The van der Waals surface area contributed by atoms with E-state index in [1.54, 1.807) is 0 Å². The van der Waals surface area contributed by atoms with Gasteiger partial charge in [0.15, 0.2) is 5.78 Å². The summed E-state index contributed by atoms with van der Waals surface area (Å²) in [5.74, 6) is -0.743. The third kappa shape index (κ3) is 4.72. The molecule has 2 rings (SSSR count). The van der Waals surface area contributed by atoms with Crippen LogP contribution in [0.4, 0.5) is 26.3 Å². The van der Waals surface area contributed by atoms with E-state index < -0.39 is 34.8 Å². The molecule has 1 aromatic rings. The Morgan fingerprint density at radius 1 is 1.08 bits per heavy atom. The number of carbonyl (C=O) groups is 1. The summed E-state index contributed by atoms with van der Waals surface area (Å²) in [4.78, 5) is 14.2. The van der Waals surface area contributed by atoms with Crippen LogP contribution in [0, 0.1) is 5.92 Å². The minimum absolute atomic E-state index is 0.0329. The Kier molecular flexibility index (Phi) is 5.27. The lowest BCUT2D eigenvalue weighted by atomic mass is 9.90. The number of hydrogen-bond donors (Lipinski definition) is 0. The van der Waals surface area contributed by atoms with E-state index in [1.165, 1.54) is 0 Å². The van der Waals surface area contributed by atoms with Crippen molar-refractivity contribution in [2.45, 2.75) is 31.6 Å². The largest absolute Gasteiger partial charge is 0.416 e. The first kappa shape index (κ1) is 18.8. The molecule has 1 unspecified atom stereocenters. The van der Waals surface area contributed by atoms with E-state index in [2.05, 4.69) is 0 Å². The summed E-state index contributed by atoms with van der Waals surface area (Å²) in [6, 6.07) is 1.04. The lowest BCUT2D eigenvalue weighted by molar-refractivity contribution is -0.143. The van der Waals surface area contributed by atoms with E-state index in [1.807, 2.05) is 11.9 Å². The van der Waals surface area contributed by atoms with Gasteiger partial charge in [-0.05, 0) is 50.6 Å². The fraction of sp³-hybridized carbons (Fsp3) is 0.562. The highest BCUT2D eigenvalue weighted by Crippen LogP contribution is 2.36. The van der Waals surface area contributed by atoms with Gasteiger partial charge in [-0.1, -0.05) is 0 Å². The van der Waals surface area contributed by atoms with E-state index in [9.17, 15) is 31.1 Å². The molecule has 1 aliphatic heterocycles. The summed E-state index contributed by atoms with van der Waals surface area (Å²) in [5, 5.41) is 0. The molecule has 0 aliphatic carbocycles. The summed E-state index contributed by atoms with van der Waals surface area (Å²) in [7, 11) is 1.86. The van der Waals surface area contributed by atoms with Crippen LogP contribution in [0.25, 0.3) is 0 Å². The molecule has 0 saturated carbocycles. The summed E-state index contributed by atoms with van der Waals surface area (Å²) >= 11 is 0. The van der Waals surface area contributed by atoms with Crippen molar-refractivity contribution in [1.29, 1.82) is 0 Å². The molecule has 0 spiro atoms. The van der Waals surface area contributed by atoms with Crippen LogP contribution >= 0.6 is 0 Å². The Morgan fingerprint density at radius 2 is 1.62 bits per heavy atom. The van der Waals surface area contributed by atoms with Gasteiger partial charge in [0.1, 0.15) is 0 Å². The maximum absolute atomic E-state index is 12.8. The average Bonchev–Trinajstić information content (AvgIpc) is 2.45. The second kappa shape index (κ2) is 6.74. The van der Waals surface area contributed by atoms with Crippen LogP contribution < -0.4 is 0 Å². The van der Waals surface area contributed by atoms with Gasteiger partial charge >= 0.3 is 12.4 Å². The van der Waals surface area contributed by atoms with Crippen LogP contribution in [0.3, 0.4) is 0 Å². The van der Waals surface area contributed by atoms with Crippen molar-refractivity contribution in [2.75, 3.05) is 20.1 Å². The standard InChI is InChI=1S/C16H17F6NO/c1-23-4-2-3-10(9-23)5-14(24)11-6-12(15(17,18)19)8-13(7-11)16(20,21)22/h6-8,10H,2-5,9H2,1H3. The van der Waals surface area contributed by atoms with Crippen molar-refractivity contribution in [1.82, 2.24) is 4.90 Å². The summed E-state index contributed by atoms with van der Waals surface area (Å²) in [6.07, 6.45) is -8.35. The molecule has 8 heteroatoms. The summed E-state index contributed by atoms with van der Waals surface area (Å²) in [5.41, 5.74) is -3.45. The quantitative estimate of drug-likeness (QED) is 0.583. The van der Waals surface area contributed by atoms with E-state index in [0.29, 0.717) is 18.7 Å². The van der Waals surface area contributed by atoms with Gasteiger partial charge in [-0.15, -0.1) is 0 Å². The first-order valence-electron chi connectivity index (χ1n) is 7.48. The summed E-state index contributed by atoms with van der Waals surface area (Å²) in [6.45, 7) is 1.48. The second-order valence-corrected chi connectivity index (χ2v) is 6.19. The molecule has 0 radical (unpaired) electrons. The SMILES string of the molecule is CN1CCCC(CC(=O)c2cc(C(F)(F)F)cc(C(F)(F)F)c2)C1. The lowest BCUT2D eigenvalue weighted by Crippen LogP contribution is -2.33. The van der Waals surface area contributed by atoms with Gasteiger partial charge in [0.25, 0.3) is 0 Å². The number of benzene rings is 1. The molecule has 0 bridgehead atoms. The Balaban J connectivity index is 2.29. The number of alkyl halides is 6. The highest BCUT2D eigenvalue weighted by Gasteiger charge is 2.37. The Labute approximate surface area is 135 Å². The number of Topliss-reactive ketones (excluding diaryl/α,β-unsaturated/α-hetero) is 1. The molecular formula is C16H17F6NO.